The molecule has 0 fully saturated rings. The minimum absolute atomic E-state index is 0.137. The van der Waals surface area contributed by atoms with Crippen molar-refractivity contribution < 1.29 is 14.7 Å². The normalized spacial score (nSPS) is 12.1. The van der Waals surface area contributed by atoms with Gasteiger partial charge in [0.1, 0.15) is 11.4 Å². The number of aromatic amines is 1. The van der Waals surface area contributed by atoms with Gasteiger partial charge in [0.05, 0.1) is 0 Å². The standard InChI is InChI=1S/C21H30N4O3/c1-20(2,3)13-9-12(10-14(18(13)27)21(4,5)6)7-8-17(26)23-16-11-15(19(22)28)24-25-16/h9-11,27H,7-8H2,1-6H3,(H2,22,28)(H2,23,24,25,26). The number of hydrogen-bond donors (Lipinski definition) is 4. The number of phenols is 1. The highest BCUT2D eigenvalue weighted by Crippen LogP contribution is 2.39. The second-order valence-electron chi connectivity index (χ2n) is 9.12. The number of nitrogens with zero attached hydrogens (tertiary/aromatic N) is 1. The van der Waals surface area contributed by atoms with Crippen LogP contribution < -0.4 is 11.1 Å². The van der Waals surface area contributed by atoms with Crippen LogP contribution in [0.2, 0.25) is 0 Å². The number of carbonyl (C=O) groups excluding carboxylic acids is 2. The number of aromatic nitrogens is 2. The smallest absolute Gasteiger partial charge is 0.266 e. The summed E-state index contributed by atoms with van der Waals surface area (Å²) in [5, 5.41) is 19.7. The van der Waals surface area contributed by atoms with Crippen LogP contribution in [0.1, 0.15) is 75.1 Å². The lowest BCUT2D eigenvalue weighted by molar-refractivity contribution is -0.116. The van der Waals surface area contributed by atoms with Gasteiger partial charge in [0.2, 0.25) is 5.91 Å². The molecule has 1 aromatic heterocycles. The van der Waals surface area contributed by atoms with Gasteiger partial charge in [0, 0.05) is 12.5 Å². The zero-order valence-electron chi connectivity index (χ0n) is 17.4. The van der Waals surface area contributed by atoms with E-state index in [0.29, 0.717) is 12.2 Å². The summed E-state index contributed by atoms with van der Waals surface area (Å²) in [5.41, 5.74) is 7.58. The molecule has 2 aromatic rings. The molecule has 152 valence electrons. The minimum atomic E-state index is -0.637. The Bertz CT molecular complexity index is 851. The molecule has 0 aliphatic heterocycles. The van der Waals surface area contributed by atoms with Crippen molar-refractivity contribution in [2.75, 3.05) is 5.32 Å². The highest BCUT2D eigenvalue weighted by Gasteiger charge is 2.26. The molecule has 0 saturated heterocycles. The molecule has 2 amide bonds. The molecule has 0 aliphatic carbocycles. The molecule has 0 radical (unpaired) electrons. The first-order valence-corrected chi connectivity index (χ1v) is 9.31. The van der Waals surface area contributed by atoms with E-state index in [-0.39, 0.29) is 34.7 Å². The Morgan fingerprint density at radius 3 is 2.04 bits per heavy atom. The van der Waals surface area contributed by atoms with Crippen molar-refractivity contribution in [1.29, 1.82) is 0 Å². The van der Waals surface area contributed by atoms with E-state index in [1.54, 1.807) is 0 Å². The van der Waals surface area contributed by atoms with Gasteiger partial charge in [-0.25, -0.2) is 0 Å². The average molecular weight is 386 g/mol. The van der Waals surface area contributed by atoms with E-state index in [9.17, 15) is 14.7 Å². The van der Waals surface area contributed by atoms with Crippen LogP contribution in [-0.4, -0.2) is 27.1 Å². The maximum Gasteiger partial charge on any atom is 0.266 e. The largest absolute Gasteiger partial charge is 0.507 e. The SMILES string of the molecule is CC(C)(C)c1cc(CCC(=O)Nc2cc(C(N)=O)[nH]n2)cc(C(C)(C)C)c1O. The monoisotopic (exact) mass is 386 g/mol. The average Bonchev–Trinajstić information content (AvgIpc) is 3.00. The lowest BCUT2D eigenvalue weighted by Gasteiger charge is -2.28. The predicted octanol–water partition coefficient (Wildman–Crippen LogP) is 3.38. The van der Waals surface area contributed by atoms with Crippen LogP contribution in [0.25, 0.3) is 0 Å². The van der Waals surface area contributed by atoms with Crippen molar-refractivity contribution in [3.63, 3.8) is 0 Å². The van der Waals surface area contributed by atoms with Crippen molar-refractivity contribution in [2.45, 2.75) is 65.2 Å². The summed E-state index contributed by atoms with van der Waals surface area (Å²) in [6.07, 6.45) is 0.766. The predicted molar refractivity (Wildman–Crippen MR) is 110 cm³/mol. The van der Waals surface area contributed by atoms with Crippen LogP contribution >= 0.6 is 0 Å². The van der Waals surface area contributed by atoms with Crippen molar-refractivity contribution >= 4 is 17.6 Å². The number of anilines is 1. The number of nitrogens with two attached hydrogens (primary N) is 1. The van der Waals surface area contributed by atoms with E-state index >= 15 is 0 Å². The van der Waals surface area contributed by atoms with E-state index < -0.39 is 5.91 Å². The number of aromatic hydroxyl groups is 1. The number of amides is 2. The van der Waals surface area contributed by atoms with Crippen LogP contribution in [0, 0.1) is 0 Å². The number of hydrogen-bond acceptors (Lipinski definition) is 4. The van der Waals surface area contributed by atoms with Crippen molar-refractivity contribution in [3.8, 4) is 5.75 Å². The highest BCUT2D eigenvalue weighted by molar-refractivity contribution is 5.94. The van der Waals surface area contributed by atoms with Gasteiger partial charge >= 0.3 is 0 Å². The molecule has 1 heterocycles. The third-order valence-electron chi connectivity index (χ3n) is 4.54. The Morgan fingerprint density at radius 1 is 1.07 bits per heavy atom. The van der Waals surface area contributed by atoms with Crippen LogP contribution in [-0.2, 0) is 22.0 Å². The fourth-order valence-corrected chi connectivity index (χ4v) is 2.96. The Morgan fingerprint density at radius 2 is 1.61 bits per heavy atom. The second kappa shape index (κ2) is 7.66. The zero-order chi connectivity index (χ0) is 21.3. The molecule has 0 unspecified atom stereocenters. The van der Waals surface area contributed by atoms with Crippen molar-refractivity contribution in [3.05, 3.63) is 40.6 Å². The maximum absolute atomic E-state index is 12.3. The molecule has 1 aromatic carbocycles. The van der Waals surface area contributed by atoms with E-state index in [1.165, 1.54) is 6.07 Å². The molecule has 7 nitrogen and oxygen atoms in total. The molecule has 2 rings (SSSR count). The molecule has 0 saturated carbocycles. The van der Waals surface area contributed by atoms with Gasteiger partial charge in [0.25, 0.3) is 5.91 Å². The van der Waals surface area contributed by atoms with Crippen LogP contribution in [0.5, 0.6) is 5.75 Å². The number of nitrogens with one attached hydrogen (secondary N) is 2. The number of aryl methyl sites for hydroxylation is 1. The first kappa shape index (κ1) is 21.5. The fourth-order valence-electron chi connectivity index (χ4n) is 2.96. The molecule has 0 aliphatic rings. The maximum atomic E-state index is 12.3. The van der Waals surface area contributed by atoms with E-state index in [4.69, 9.17) is 5.73 Å². The quantitative estimate of drug-likeness (QED) is 0.629. The van der Waals surface area contributed by atoms with Gasteiger partial charge in [-0.15, -0.1) is 0 Å². The lowest BCUT2D eigenvalue weighted by atomic mass is 9.78. The van der Waals surface area contributed by atoms with E-state index in [0.717, 1.165) is 16.7 Å². The summed E-state index contributed by atoms with van der Waals surface area (Å²) in [6, 6.07) is 5.34. The van der Waals surface area contributed by atoms with Crippen LogP contribution in [0.3, 0.4) is 0 Å². The van der Waals surface area contributed by atoms with Gasteiger partial charge in [0.15, 0.2) is 5.82 Å². The Labute approximate surface area is 165 Å². The molecule has 0 atom stereocenters. The number of rotatable bonds is 5. The Hall–Kier alpha value is -2.83. The first-order valence-electron chi connectivity index (χ1n) is 9.31. The molecule has 28 heavy (non-hydrogen) atoms. The number of phenolic OH excluding ortho intramolecular Hbond substituents is 1. The molecule has 5 N–H and O–H groups in total. The van der Waals surface area contributed by atoms with Crippen LogP contribution in [0.4, 0.5) is 5.82 Å². The second-order valence-corrected chi connectivity index (χ2v) is 9.12. The lowest BCUT2D eigenvalue weighted by Crippen LogP contribution is -2.18. The highest BCUT2D eigenvalue weighted by atomic mass is 16.3. The summed E-state index contributed by atoms with van der Waals surface area (Å²) in [6.45, 7) is 12.3. The third kappa shape index (κ3) is 5.12. The van der Waals surface area contributed by atoms with Gasteiger partial charge in [-0.1, -0.05) is 53.7 Å². The third-order valence-corrected chi connectivity index (χ3v) is 4.54. The fraction of sp³-hybridized carbons (Fsp3) is 0.476. The van der Waals surface area contributed by atoms with Crippen molar-refractivity contribution in [1.82, 2.24) is 10.2 Å². The van der Waals surface area contributed by atoms with Gasteiger partial charge in [-0.05, 0) is 33.9 Å². The molecule has 0 spiro atoms. The number of primary amides is 1. The van der Waals surface area contributed by atoms with Crippen molar-refractivity contribution in [2.24, 2.45) is 5.73 Å². The summed E-state index contributed by atoms with van der Waals surface area (Å²) < 4.78 is 0. The molecular weight excluding hydrogens is 356 g/mol. The number of H-pyrrole nitrogens is 1. The first-order chi connectivity index (χ1) is 12.8. The van der Waals surface area contributed by atoms with Gasteiger partial charge in [-0.3, -0.25) is 14.7 Å². The topological polar surface area (TPSA) is 121 Å². The molecule has 0 bridgehead atoms. The van der Waals surface area contributed by atoms with Crippen LogP contribution in [0.15, 0.2) is 18.2 Å². The summed E-state index contributed by atoms with van der Waals surface area (Å²) in [4.78, 5) is 23.3. The molecule has 7 heteroatoms. The number of benzene rings is 1. The molecular formula is C21H30N4O3. The summed E-state index contributed by atoms with van der Waals surface area (Å²) in [5.74, 6) is -0.273. The number of carbonyl (C=O) groups is 2. The van der Waals surface area contributed by atoms with E-state index in [2.05, 4.69) is 57.1 Å². The zero-order valence-corrected chi connectivity index (χ0v) is 17.4. The summed E-state index contributed by atoms with van der Waals surface area (Å²) in [7, 11) is 0. The summed E-state index contributed by atoms with van der Waals surface area (Å²) >= 11 is 0. The Balaban J connectivity index is 2.18. The minimum Gasteiger partial charge on any atom is -0.507 e. The van der Waals surface area contributed by atoms with E-state index in [1.807, 2.05) is 12.1 Å². The van der Waals surface area contributed by atoms with Gasteiger partial charge < -0.3 is 16.2 Å². The Kier molecular flexibility index (Phi) is 5.87. The van der Waals surface area contributed by atoms with Gasteiger partial charge in [-0.2, -0.15) is 5.10 Å².